The SMILES string of the molecule is CCc1ccc(CN(C(=O)c2ccccc2[N+](=O)[O-])[C@@H]2CCS(=O)(=O)C2)cc1. The van der Waals surface area contributed by atoms with E-state index in [0.717, 1.165) is 17.5 Å². The summed E-state index contributed by atoms with van der Waals surface area (Å²) in [5, 5.41) is 11.3. The number of carbonyl (C=O) groups is 1. The fraction of sp³-hybridized carbons (Fsp3) is 0.350. The normalized spacial score (nSPS) is 18.0. The van der Waals surface area contributed by atoms with Crippen LogP contribution in [0.3, 0.4) is 0 Å². The average Bonchev–Trinajstić information content (AvgIpc) is 3.05. The van der Waals surface area contributed by atoms with E-state index in [1.165, 1.54) is 23.1 Å². The van der Waals surface area contributed by atoms with Gasteiger partial charge in [-0.1, -0.05) is 43.3 Å². The topological polar surface area (TPSA) is 97.6 Å². The number of rotatable bonds is 6. The number of amides is 1. The molecule has 7 nitrogen and oxygen atoms in total. The summed E-state index contributed by atoms with van der Waals surface area (Å²) >= 11 is 0. The number of nitro groups is 1. The largest absolute Gasteiger partial charge is 0.330 e. The predicted octanol–water partition coefficient (Wildman–Crippen LogP) is 2.99. The number of nitrogens with zero attached hydrogens (tertiary/aromatic N) is 2. The highest BCUT2D eigenvalue weighted by Crippen LogP contribution is 2.26. The number of hydrogen-bond acceptors (Lipinski definition) is 5. The van der Waals surface area contributed by atoms with Crippen LogP contribution in [0.1, 0.15) is 34.8 Å². The Morgan fingerprint density at radius 1 is 1.14 bits per heavy atom. The van der Waals surface area contributed by atoms with E-state index in [2.05, 4.69) is 0 Å². The minimum atomic E-state index is -3.21. The van der Waals surface area contributed by atoms with Gasteiger partial charge in [0.15, 0.2) is 9.84 Å². The molecule has 148 valence electrons. The predicted molar refractivity (Wildman–Crippen MR) is 106 cm³/mol. The summed E-state index contributed by atoms with van der Waals surface area (Å²) in [6, 6.07) is 13.0. The van der Waals surface area contributed by atoms with E-state index in [9.17, 15) is 23.3 Å². The quantitative estimate of drug-likeness (QED) is 0.546. The number of benzene rings is 2. The van der Waals surface area contributed by atoms with Gasteiger partial charge in [-0.3, -0.25) is 14.9 Å². The van der Waals surface area contributed by atoms with Crippen molar-refractivity contribution in [3.05, 3.63) is 75.3 Å². The van der Waals surface area contributed by atoms with Crippen molar-refractivity contribution < 1.29 is 18.1 Å². The highest BCUT2D eigenvalue weighted by molar-refractivity contribution is 7.91. The van der Waals surface area contributed by atoms with Crippen molar-refractivity contribution >= 4 is 21.4 Å². The lowest BCUT2D eigenvalue weighted by molar-refractivity contribution is -0.385. The zero-order chi connectivity index (χ0) is 20.3. The third-order valence-electron chi connectivity index (χ3n) is 5.03. The average molecular weight is 402 g/mol. The van der Waals surface area contributed by atoms with Gasteiger partial charge in [0, 0.05) is 18.7 Å². The van der Waals surface area contributed by atoms with Crippen molar-refractivity contribution in [1.82, 2.24) is 4.90 Å². The van der Waals surface area contributed by atoms with E-state index in [0.29, 0.717) is 6.42 Å². The van der Waals surface area contributed by atoms with E-state index in [1.54, 1.807) is 6.07 Å². The molecule has 2 aromatic carbocycles. The van der Waals surface area contributed by atoms with Crippen LogP contribution >= 0.6 is 0 Å². The Morgan fingerprint density at radius 2 is 1.79 bits per heavy atom. The van der Waals surface area contributed by atoms with Gasteiger partial charge >= 0.3 is 0 Å². The third kappa shape index (κ3) is 4.39. The lowest BCUT2D eigenvalue weighted by Gasteiger charge is -2.28. The van der Waals surface area contributed by atoms with Crippen LogP contribution in [0.15, 0.2) is 48.5 Å². The zero-order valence-electron chi connectivity index (χ0n) is 15.6. The van der Waals surface area contributed by atoms with Crippen LogP contribution in [0.25, 0.3) is 0 Å². The molecule has 8 heteroatoms. The molecule has 1 atom stereocenters. The van der Waals surface area contributed by atoms with Crippen LogP contribution in [0.2, 0.25) is 0 Å². The molecule has 1 fully saturated rings. The minimum Gasteiger partial charge on any atom is -0.330 e. The zero-order valence-corrected chi connectivity index (χ0v) is 16.4. The number of para-hydroxylation sites is 1. The first kappa shape index (κ1) is 20.0. The van der Waals surface area contributed by atoms with E-state index in [1.807, 2.05) is 31.2 Å². The molecule has 1 amide bonds. The number of aryl methyl sites for hydroxylation is 1. The van der Waals surface area contributed by atoms with Crippen molar-refractivity contribution in [3.63, 3.8) is 0 Å². The maximum Gasteiger partial charge on any atom is 0.282 e. The first-order valence-electron chi connectivity index (χ1n) is 9.13. The molecule has 1 heterocycles. The Labute approximate surface area is 164 Å². The van der Waals surface area contributed by atoms with Gasteiger partial charge in [-0.15, -0.1) is 0 Å². The molecule has 0 saturated carbocycles. The smallest absolute Gasteiger partial charge is 0.282 e. The van der Waals surface area contributed by atoms with Crippen LogP contribution < -0.4 is 0 Å². The van der Waals surface area contributed by atoms with Crippen LogP contribution in [-0.4, -0.2) is 41.7 Å². The second kappa shape index (κ2) is 8.10. The molecule has 1 aliphatic rings. The van der Waals surface area contributed by atoms with Crippen LogP contribution in [0, 0.1) is 10.1 Å². The van der Waals surface area contributed by atoms with Gasteiger partial charge in [-0.2, -0.15) is 0 Å². The fourth-order valence-corrected chi connectivity index (χ4v) is 5.16. The number of nitro benzene ring substituents is 1. The maximum atomic E-state index is 13.2. The van der Waals surface area contributed by atoms with Crippen LogP contribution in [0.4, 0.5) is 5.69 Å². The molecule has 0 unspecified atom stereocenters. The first-order valence-corrected chi connectivity index (χ1v) is 11.0. The maximum absolute atomic E-state index is 13.2. The van der Waals surface area contributed by atoms with E-state index >= 15 is 0 Å². The molecule has 28 heavy (non-hydrogen) atoms. The third-order valence-corrected chi connectivity index (χ3v) is 6.78. The Morgan fingerprint density at radius 3 is 2.36 bits per heavy atom. The fourth-order valence-electron chi connectivity index (χ4n) is 3.43. The minimum absolute atomic E-state index is 0.0209. The van der Waals surface area contributed by atoms with Crippen molar-refractivity contribution in [1.29, 1.82) is 0 Å². The van der Waals surface area contributed by atoms with Gasteiger partial charge in [-0.25, -0.2) is 8.42 Å². The van der Waals surface area contributed by atoms with E-state index < -0.39 is 26.7 Å². The van der Waals surface area contributed by atoms with E-state index in [-0.39, 0.29) is 29.3 Å². The highest BCUT2D eigenvalue weighted by atomic mass is 32.2. The molecule has 2 aromatic rings. The molecule has 0 N–H and O–H groups in total. The Hall–Kier alpha value is -2.74. The summed E-state index contributed by atoms with van der Waals surface area (Å²) in [6.07, 6.45) is 1.22. The molecule has 1 aliphatic heterocycles. The molecular formula is C20H22N2O5S. The summed E-state index contributed by atoms with van der Waals surface area (Å²) in [4.78, 5) is 25.4. The van der Waals surface area contributed by atoms with Crippen molar-refractivity contribution in [2.45, 2.75) is 32.4 Å². The van der Waals surface area contributed by atoms with Crippen molar-refractivity contribution in [2.75, 3.05) is 11.5 Å². The lowest BCUT2D eigenvalue weighted by Crippen LogP contribution is -2.40. The highest BCUT2D eigenvalue weighted by Gasteiger charge is 2.36. The first-order chi connectivity index (χ1) is 13.3. The summed E-state index contributed by atoms with van der Waals surface area (Å²) in [5.74, 6) is -0.617. The summed E-state index contributed by atoms with van der Waals surface area (Å²) < 4.78 is 23.9. The van der Waals surface area contributed by atoms with Gasteiger partial charge in [0.2, 0.25) is 0 Å². The van der Waals surface area contributed by atoms with E-state index in [4.69, 9.17) is 0 Å². The Bertz CT molecular complexity index is 986. The molecule has 0 aromatic heterocycles. The Kier molecular flexibility index (Phi) is 5.79. The monoisotopic (exact) mass is 402 g/mol. The van der Waals surface area contributed by atoms with Gasteiger partial charge in [0.05, 0.1) is 16.4 Å². The summed E-state index contributed by atoms with van der Waals surface area (Å²) in [7, 11) is -3.21. The molecule has 1 saturated heterocycles. The molecular weight excluding hydrogens is 380 g/mol. The standard InChI is InChI=1S/C20H22N2O5S/c1-2-15-7-9-16(10-8-15)13-21(17-11-12-28(26,27)14-17)20(23)18-5-3-4-6-19(18)22(24)25/h3-10,17H,2,11-14H2,1H3/t17-/m1/s1. The van der Waals surface area contributed by atoms with Gasteiger partial charge in [0.25, 0.3) is 11.6 Å². The molecule has 3 rings (SSSR count). The number of sulfone groups is 1. The van der Waals surface area contributed by atoms with Crippen molar-refractivity contribution in [3.8, 4) is 0 Å². The molecule has 0 spiro atoms. The molecule has 0 aliphatic carbocycles. The lowest BCUT2D eigenvalue weighted by atomic mass is 10.1. The summed E-state index contributed by atoms with van der Waals surface area (Å²) in [6.45, 7) is 2.25. The van der Waals surface area contributed by atoms with Crippen LogP contribution in [-0.2, 0) is 22.8 Å². The molecule has 0 radical (unpaired) electrons. The Balaban J connectivity index is 1.96. The van der Waals surface area contributed by atoms with Gasteiger partial charge < -0.3 is 4.90 Å². The van der Waals surface area contributed by atoms with Crippen LogP contribution in [0.5, 0.6) is 0 Å². The number of hydrogen-bond donors (Lipinski definition) is 0. The van der Waals surface area contributed by atoms with Crippen molar-refractivity contribution in [2.24, 2.45) is 0 Å². The summed E-state index contributed by atoms with van der Waals surface area (Å²) in [5.41, 5.74) is 1.71. The second-order valence-electron chi connectivity index (χ2n) is 6.93. The number of carbonyl (C=O) groups excluding carboxylic acids is 1. The van der Waals surface area contributed by atoms with Gasteiger partial charge in [0.1, 0.15) is 5.56 Å². The molecule has 0 bridgehead atoms. The van der Waals surface area contributed by atoms with Gasteiger partial charge in [-0.05, 0) is 30.0 Å². The second-order valence-corrected chi connectivity index (χ2v) is 9.16.